The molecule has 40 heavy (non-hydrogen) atoms. The summed E-state index contributed by atoms with van der Waals surface area (Å²) in [6, 6.07) is -0.621. The summed E-state index contributed by atoms with van der Waals surface area (Å²) in [6.45, 7) is 4.41. The van der Waals surface area contributed by atoms with Crippen LogP contribution in [0, 0.1) is 0 Å². The van der Waals surface area contributed by atoms with Gasteiger partial charge in [-0.1, -0.05) is 69.6 Å². The minimum absolute atomic E-state index is 0.0316. The van der Waals surface area contributed by atoms with Gasteiger partial charge in [0, 0.05) is 19.3 Å². The highest BCUT2D eigenvalue weighted by Gasteiger charge is 2.31. The number of nitrogens with zero attached hydrogens (tertiary/aromatic N) is 1. The molecule has 2 atom stereocenters. The van der Waals surface area contributed by atoms with Crippen molar-refractivity contribution in [3.63, 3.8) is 0 Å². The summed E-state index contributed by atoms with van der Waals surface area (Å²) < 4.78 is 16.9. The Kier molecular flexibility index (Phi) is 22.9. The van der Waals surface area contributed by atoms with E-state index >= 15 is 0 Å². The van der Waals surface area contributed by atoms with E-state index in [9.17, 15) is 19.5 Å². The van der Waals surface area contributed by atoms with E-state index in [0.29, 0.717) is 19.3 Å². The number of hydrogen-bond acceptors (Lipinski definition) is 6. The molecule has 0 radical (unpaired) electrons. The molecule has 0 spiro atoms. The largest absolute Gasteiger partial charge is 0.477 e. The second kappa shape index (κ2) is 24.4. The van der Waals surface area contributed by atoms with Crippen LogP contribution in [-0.2, 0) is 28.6 Å². The molecular formula is C32H56NO7+. The Hall–Kier alpha value is -2.45. The van der Waals surface area contributed by atoms with Crippen molar-refractivity contribution in [2.24, 2.45) is 0 Å². The van der Waals surface area contributed by atoms with Crippen LogP contribution in [0.2, 0.25) is 0 Å². The molecule has 0 heterocycles. The first kappa shape index (κ1) is 37.6. The number of allylic oxidation sites excluding steroid dienone is 6. The second-order valence-electron chi connectivity index (χ2n) is 11.0. The van der Waals surface area contributed by atoms with Crippen LogP contribution < -0.4 is 0 Å². The third-order valence-corrected chi connectivity index (χ3v) is 6.29. The summed E-state index contributed by atoms with van der Waals surface area (Å²) in [5.74, 6) is -1.62. The first-order valence-electron chi connectivity index (χ1n) is 15.0. The second-order valence-corrected chi connectivity index (χ2v) is 11.0. The monoisotopic (exact) mass is 566 g/mol. The molecule has 0 rings (SSSR count). The molecule has 0 amide bonds. The third kappa shape index (κ3) is 22.4. The Bertz CT molecular complexity index is 768. The number of unbranched alkanes of at least 4 members (excludes halogenated alkanes) is 5. The van der Waals surface area contributed by atoms with Gasteiger partial charge in [0.25, 0.3) is 0 Å². The van der Waals surface area contributed by atoms with Crippen LogP contribution in [0.1, 0.15) is 97.3 Å². The normalized spacial score (nSPS) is 13.7. The average molecular weight is 567 g/mol. The predicted molar refractivity (Wildman–Crippen MR) is 160 cm³/mol. The zero-order valence-electron chi connectivity index (χ0n) is 25.8. The van der Waals surface area contributed by atoms with Crippen LogP contribution in [0.15, 0.2) is 36.5 Å². The Morgan fingerprint density at radius 2 is 1.45 bits per heavy atom. The maximum atomic E-state index is 12.4. The minimum Gasteiger partial charge on any atom is -0.477 e. The van der Waals surface area contributed by atoms with E-state index in [1.54, 1.807) is 0 Å². The van der Waals surface area contributed by atoms with Gasteiger partial charge < -0.3 is 23.8 Å². The minimum atomic E-state index is -0.890. The summed E-state index contributed by atoms with van der Waals surface area (Å²) in [7, 11) is 5.46. The Morgan fingerprint density at radius 3 is 2.10 bits per heavy atom. The molecule has 0 aromatic heterocycles. The molecule has 8 heteroatoms. The van der Waals surface area contributed by atoms with Crippen molar-refractivity contribution in [2.45, 2.75) is 109 Å². The number of carbonyl (C=O) groups is 3. The van der Waals surface area contributed by atoms with Crippen LogP contribution in [-0.4, -0.2) is 80.6 Å². The van der Waals surface area contributed by atoms with E-state index in [4.69, 9.17) is 14.2 Å². The molecule has 0 saturated heterocycles. The fraction of sp³-hybridized carbons (Fsp3) is 0.719. The number of carboxylic acid groups (broad SMARTS) is 1. The summed E-state index contributed by atoms with van der Waals surface area (Å²) in [5.41, 5.74) is 0. The quantitative estimate of drug-likeness (QED) is 0.0591. The lowest BCUT2D eigenvalue weighted by molar-refractivity contribution is -0.887. The Morgan fingerprint density at radius 1 is 0.775 bits per heavy atom. The summed E-state index contributed by atoms with van der Waals surface area (Å²) >= 11 is 0. The summed E-state index contributed by atoms with van der Waals surface area (Å²) in [4.78, 5) is 36.2. The first-order chi connectivity index (χ1) is 19.1. The molecule has 230 valence electrons. The molecule has 0 aromatic carbocycles. The standard InChI is InChI=1S/C32H55NO7/c1-6-8-10-12-14-15-17-19-21-23-31(35)40-28(26-38-25-24-29(32(36)37)33(3,4)5)27-39-30(34)22-20-18-16-13-11-9-7-2/h9,11,15-18,28-29H,6-8,10,12-14,19-27H2,1-5H3/p+1/b11-9+,17-15+,18-16+. The lowest BCUT2D eigenvalue weighted by Gasteiger charge is -2.31. The van der Waals surface area contributed by atoms with Gasteiger partial charge in [0.05, 0.1) is 34.4 Å². The Labute approximate surface area is 243 Å². The number of esters is 2. The number of likely N-dealkylation sites (N-methyl/N-ethyl adjacent to an activating group) is 1. The van der Waals surface area contributed by atoms with Crippen molar-refractivity contribution < 1.29 is 38.2 Å². The Balaban J connectivity index is 4.66. The molecule has 0 bridgehead atoms. The number of carboxylic acids is 1. The molecule has 0 aliphatic rings. The lowest BCUT2D eigenvalue weighted by Crippen LogP contribution is -2.50. The lowest BCUT2D eigenvalue weighted by atomic mass is 10.1. The number of rotatable bonds is 25. The van der Waals surface area contributed by atoms with E-state index in [1.807, 2.05) is 33.3 Å². The van der Waals surface area contributed by atoms with Gasteiger partial charge in [0.2, 0.25) is 0 Å². The third-order valence-electron chi connectivity index (χ3n) is 6.29. The number of ether oxygens (including phenoxy) is 3. The van der Waals surface area contributed by atoms with E-state index < -0.39 is 18.1 Å². The van der Waals surface area contributed by atoms with Crippen LogP contribution in [0.3, 0.4) is 0 Å². The van der Waals surface area contributed by atoms with Crippen LogP contribution >= 0.6 is 0 Å². The van der Waals surface area contributed by atoms with Crippen LogP contribution in [0.5, 0.6) is 0 Å². The van der Waals surface area contributed by atoms with Crippen LogP contribution in [0.4, 0.5) is 0 Å². The fourth-order valence-electron chi connectivity index (χ4n) is 3.92. The van der Waals surface area contributed by atoms with Gasteiger partial charge in [0.1, 0.15) is 6.61 Å². The van der Waals surface area contributed by atoms with E-state index in [1.165, 1.54) is 25.7 Å². The molecule has 0 saturated carbocycles. The molecule has 0 aromatic rings. The van der Waals surface area contributed by atoms with E-state index in [-0.39, 0.29) is 49.1 Å². The predicted octanol–water partition coefficient (Wildman–Crippen LogP) is 6.40. The van der Waals surface area contributed by atoms with Gasteiger partial charge in [-0.15, -0.1) is 0 Å². The molecular weight excluding hydrogens is 510 g/mol. The molecule has 2 unspecified atom stereocenters. The number of carbonyl (C=O) groups excluding carboxylic acids is 2. The van der Waals surface area contributed by atoms with Gasteiger partial charge in [-0.05, 0) is 44.9 Å². The van der Waals surface area contributed by atoms with E-state index in [0.717, 1.165) is 25.7 Å². The highest BCUT2D eigenvalue weighted by atomic mass is 16.6. The summed E-state index contributed by atoms with van der Waals surface area (Å²) in [6.07, 6.45) is 22.4. The van der Waals surface area contributed by atoms with Crippen LogP contribution in [0.25, 0.3) is 0 Å². The van der Waals surface area contributed by atoms with Gasteiger partial charge in [-0.2, -0.15) is 0 Å². The van der Waals surface area contributed by atoms with Crippen molar-refractivity contribution >= 4 is 17.9 Å². The zero-order valence-corrected chi connectivity index (χ0v) is 25.8. The molecule has 1 N–H and O–H groups in total. The highest BCUT2D eigenvalue weighted by molar-refractivity contribution is 5.72. The topological polar surface area (TPSA) is 99.1 Å². The molecule has 8 nitrogen and oxygen atoms in total. The van der Waals surface area contributed by atoms with Gasteiger partial charge in [-0.3, -0.25) is 9.59 Å². The summed E-state index contributed by atoms with van der Waals surface area (Å²) in [5, 5.41) is 9.50. The SMILES string of the molecule is CC/C=C/C/C=C/CCC(=O)OCC(COCCC(C(=O)O)[N+](C)(C)C)OC(=O)CCC/C=C/CCCCCC. The molecule has 0 fully saturated rings. The number of hydrogen-bond donors (Lipinski definition) is 1. The van der Waals surface area contributed by atoms with Gasteiger partial charge >= 0.3 is 17.9 Å². The average Bonchev–Trinajstić information content (AvgIpc) is 2.89. The van der Waals surface area contributed by atoms with Crippen molar-refractivity contribution in [3.05, 3.63) is 36.5 Å². The smallest absolute Gasteiger partial charge is 0.362 e. The fourth-order valence-corrected chi connectivity index (χ4v) is 3.92. The number of quaternary nitrogens is 1. The van der Waals surface area contributed by atoms with Gasteiger partial charge in [0.15, 0.2) is 12.1 Å². The first-order valence-corrected chi connectivity index (χ1v) is 15.0. The highest BCUT2D eigenvalue weighted by Crippen LogP contribution is 2.10. The molecule has 0 aliphatic carbocycles. The van der Waals surface area contributed by atoms with Gasteiger partial charge in [-0.25, -0.2) is 4.79 Å². The maximum absolute atomic E-state index is 12.4. The van der Waals surface area contributed by atoms with Crippen molar-refractivity contribution in [2.75, 3.05) is 41.0 Å². The van der Waals surface area contributed by atoms with Crippen molar-refractivity contribution in [3.8, 4) is 0 Å². The van der Waals surface area contributed by atoms with Crippen molar-refractivity contribution in [1.82, 2.24) is 0 Å². The van der Waals surface area contributed by atoms with Crippen molar-refractivity contribution in [1.29, 1.82) is 0 Å². The van der Waals surface area contributed by atoms with E-state index in [2.05, 4.69) is 38.2 Å². The zero-order chi connectivity index (χ0) is 30.1. The molecule has 0 aliphatic heterocycles. The maximum Gasteiger partial charge on any atom is 0.362 e. The number of aliphatic carboxylic acids is 1.